The summed E-state index contributed by atoms with van der Waals surface area (Å²) in [6.45, 7) is 5.07. The average Bonchev–Trinajstić information content (AvgIpc) is 2.34. The second-order valence-corrected chi connectivity index (χ2v) is 3.74. The molecule has 1 heterocycles. The Labute approximate surface area is 102 Å². The van der Waals surface area contributed by atoms with E-state index in [1.807, 2.05) is 0 Å². The van der Waals surface area contributed by atoms with Gasteiger partial charge < -0.3 is 20.5 Å². The third kappa shape index (κ3) is 4.07. The lowest BCUT2D eigenvalue weighted by Gasteiger charge is -2.15. The number of nitrogen functional groups attached to an aromatic ring is 1. The summed E-state index contributed by atoms with van der Waals surface area (Å²) < 4.78 is 10.3. The Kier molecular flexibility index (Phi) is 5.48. The molecule has 0 radical (unpaired) electrons. The Balaban J connectivity index is 2.69. The number of anilines is 2. The van der Waals surface area contributed by atoms with Crippen LogP contribution in [-0.4, -0.2) is 36.3 Å². The predicted molar refractivity (Wildman–Crippen MR) is 67.2 cm³/mol. The van der Waals surface area contributed by atoms with Gasteiger partial charge in [-0.25, -0.2) is 4.98 Å². The number of hydrogen-bond donors (Lipinski definition) is 2. The first kappa shape index (κ1) is 13.5. The molecule has 1 atom stereocenters. The average molecular weight is 240 g/mol. The van der Waals surface area contributed by atoms with Gasteiger partial charge in [-0.1, -0.05) is 6.92 Å². The highest BCUT2D eigenvalue weighted by atomic mass is 16.5. The van der Waals surface area contributed by atoms with Crippen LogP contribution in [0.2, 0.25) is 0 Å². The molecule has 1 aromatic heterocycles. The molecule has 6 heteroatoms. The van der Waals surface area contributed by atoms with Crippen molar-refractivity contribution in [3.63, 3.8) is 0 Å². The summed E-state index contributed by atoms with van der Waals surface area (Å²) in [7, 11) is 1.61. The lowest BCUT2D eigenvalue weighted by atomic mass is 10.2. The van der Waals surface area contributed by atoms with Gasteiger partial charge in [-0.3, -0.25) is 0 Å². The fourth-order valence-corrected chi connectivity index (χ4v) is 1.17. The van der Waals surface area contributed by atoms with E-state index in [-0.39, 0.29) is 0 Å². The number of nitrogens with zero attached hydrogens (tertiary/aromatic N) is 2. The lowest BCUT2D eigenvalue weighted by Crippen LogP contribution is -2.17. The molecule has 0 amide bonds. The molecule has 0 saturated carbocycles. The van der Waals surface area contributed by atoms with Gasteiger partial charge in [-0.15, -0.1) is 0 Å². The van der Waals surface area contributed by atoms with Crippen LogP contribution in [0.25, 0.3) is 0 Å². The molecule has 1 unspecified atom stereocenters. The van der Waals surface area contributed by atoms with Crippen molar-refractivity contribution >= 4 is 11.5 Å². The number of methoxy groups -OCH3 is 1. The summed E-state index contributed by atoms with van der Waals surface area (Å²) >= 11 is 0. The minimum absolute atomic E-state index is 0.305. The van der Waals surface area contributed by atoms with E-state index in [9.17, 15) is 0 Å². The Morgan fingerprint density at radius 1 is 1.41 bits per heavy atom. The maximum absolute atomic E-state index is 5.92. The lowest BCUT2D eigenvalue weighted by molar-refractivity contribution is 0.144. The molecule has 1 rings (SSSR count). The highest BCUT2D eigenvalue weighted by Gasteiger charge is 2.10. The Hall–Kier alpha value is -1.56. The first-order chi connectivity index (χ1) is 8.19. The van der Waals surface area contributed by atoms with Crippen LogP contribution in [0.5, 0.6) is 5.88 Å². The van der Waals surface area contributed by atoms with E-state index >= 15 is 0 Å². The smallest absolute Gasteiger partial charge is 0.242 e. The molecule has 3 N–H and O–H groups in total. The van der Waals surface area contributed by atoms with Crippen LogP contribution in [0.1, 0.15) is 20.3 Å². The fourth-order valence-electron chi connectivity index (χ4n) is 1.17. The second kappa shape index (κ2) is 6.90. The van der Waals surface area contributed by atoms with Gasteiger partial charge in [0.15, 0.2) is 5.82 Å². The fraction of sp³-hybridized carbons (Fsp3) is 0.636. The number of rotatable bonds is 7. The van der Waals surface area contributed by atoms with E-state index in [2.05, 4.69) is 29.1 Å². The van der Waals surface area contributed by atoms with Crippen LogP contribution in [-0.2, 0) is 4.74 Å². The van der Waals surface area contributed by atoms with Crippen molar-refractivity contribution in [2.24, 2.45) is 0 Å². The molecule has 0 aliphatic carbocycles. The maximum Gasteiger partial charge on any atom is 0.242 e. The van der Waals surface area contributed by atoms with E-state index < -0.39 is 0 Å². The largest absolute Gasteiger partial charge is 0.474 e. The maximum atomic E-state index is 5.92. The van der Waals surface area contributed by atoms with Gasteiger partial charge in [-0.05, 0) is 13.3 Å². The molecule has 0 fully saturated rings. The zero-order valence-electron chi connectivity index (χ0n) is 10.6. The summed E-state index contributed by atoms with van der Waals surface area (Å²) in [5.74, 6) is 1.00. The molecule has 6 nitrogen and oxygen atoms in total. The molecule has 0 spiro atoms. The quantitative estimate of drug-likeness (QED) is 0.699. The van der Waals surface area contributed by atoms with Gasteiger partial charge in [0.05, 0.1) is 6.61 Å². The van der Waals surface area contributed by atoms with Gasteiger partial charge in [0, 0.05) is 13.2 Å². The Morgan fingerprint density at radius 3 is 2.82 bits per heavy atom. The van der Waals surface area contributed by atoms with Crippen molar-refractivity contribution in [1.82, 2.24) is 9.97 Å². The van der Waals surface area contributed by atoms with E-state index in [4.69, 9.17) is 15.2 Å². The van der Waals surface area contributed by atoms with Gasteiger partial charge in [0.25, 0.3) is 0 Å². The summed E-state index contributed by atoms with van der Waals surface area (Å²) in [5, 5.41) is 3.20. The highest BCUT2D eigenvalue weighted by Crippen LogP contribution is 2.25. The first-order valence-electron chi connectivity index (χ1n) is 5.67. The molecule has 0 aliphatic rings. The van der Waals surface area contributed by atoms with Gasteiger partial charge >= 0.3 is 0 Å². The predicted octanol–water partition coefficient (Wildman–Crippen LogP) is 1.29. The van der Waals surface area contributed by atoms with Crippen LogP contribution in [0, 0.1) is 0 Å². The van der Waals surface area contributed by atoms with Gasteiger partial charge in [0.2, 0.25) is 5.88 Å². The second-order valence-electron chi connectivity index (χ2n) is 3.74. The van der Waals surface area contributed by atoms with Gasteiger partial charge in [0.1, 0.15) is 18.6 Å². The number of aromatic nitrogens is 2. The van der Waals surface area contributed by atoms with E-state index in [1.54, 1.807) is 7.11 Å². The Morgan fingerprint density at radius 2 is 2.18 bits per heavy atom. The Bertz CT molecular complexity index is 346. The van der Waals surface area contributed by atoms with Crippen molar-refractivity contribution < 1.29 is 9.47 Å². The summed E-state index contributed by atoms with van der Waals surface area (Å²) in [6.07, 6.45) is 2.42. The number of hydrogen-bond acceptors (Lipinski definition) is 6. The van der Waals surface area contributed by atoms with Crippen LogP contribution in [0.3, 0.4) is 0 Å². The number of nitrogens with two attached hydrogens (primary N) is 1. The van der Waals surface area contributed by atoms with E-state index in [0.717, 1.165) is 6.42 Å². The molecule has 0 bridgehead atoms. The standard InChI is InChI=1S/C11H20N4O2/c1-4-8(2)15-10-9(12)11(14-7-13-10)17-6-5-16-3/h7-8H,4-6,12H2,1-3H3,(H,13,14,15). The van der Waals surface area contributed by atoms with E-state index in [0.29, 0.717) is 36.6 Å². The zero-order chi connectivity index (χ0) is 12.7. The van der Waals surface area contributed by atoms with Crippen molar-refractivity contribution in [2.75, 3.05) is 31.4 Å². The highest BCUT2D eigenvalue weighted by molar-refractivity contribution is 5.66. The van der Waals surface area contributed by atoms with Crippen molar-refractivity contribution in [2.45, 2.75) is 26.3 Å². The topological polar surface area (TPSA) is 82.3 Å². The summed E-state index contributed by atoms with van der Waals surface area (Å²) in [4.78, 5) is 8.09. The van der Waals surface area contributed by atoms with Crippen LogP contribution in [0.4, 0.5) is 11.5 Å². The summed E-state index contributed by atoms with van der Waals surface area (Å²) in [6, 6.07) is 0.305. The minimum Gasteiger partial charge on any atom is -0.474 e. The van der Waals surface area contributed by atoms with Crippen molar-refractivity contribution in [3.05, 3.63) is 6.33 Å². The molecule has 0 aromatic carbocycles. The number of ether oxygens (including phenoxy) is 2. The zero-order valence-corrected chi connectivity index (χ0v) is 10.6. The van der Waals surface area contributed by atoms with Crippen molar-refractivity contribution in [1.29, 1.82) is 0 Å². The minimum atomic E-state index is 0.305. The van der Waals surface area contributed by atoms with Gasteiger partial charge in [-0.2, -0.15) is 4.98 Å². The van der Waals surface area contributed by atoms with Crippen molar-refractivity contribution in [3.8, 4) is 5.88 Å². The third-order valence-electron chi connectivity index (χ3n) is 2.37. The molecule has 96 valence electrons. The van der Waals surface area contributed by atoms with E-state index in [1.165, 1.54) is 6.33 Å². The molecule has 1 aromatic rings. The summed E-state index contributed by atoms with van der Waals surface area (Å²) in [5.41, 5.74) is 6.35. The molecule has 17 heavy (non-hydrogen) atoms. The molecule has 0 aliphatic heterocycles. The molecular weight excluding hydrogens is 220 g/mol. The third-order valence-corrected chi connectivity index (χ3v) is 2.37. The normalized spacial score (nSPS) is 12.2. The number of nitrogens with one attached hydrogen (secondary N) is 1. The van der Waals surface area contributed by atoms with Crippen LogP contribution in [0.15, 0.2) is 6.33 Å². The molecular formula is C11H20N4O2. The van der Waals surface area contributed by atoms with Crippen LogP contribution >= 0.6 is 0 Å². The molecule has 0 saturated heterocycles. The monoisotopic (exact) mass is 240 g/mol. The first-order valence-corrected chi connectivity index (χ1v) is 5.67. The SMILES string of the molecule is CCC(C)Nc1ncnc(OCCOC)c1N. The van der Waals surface area contributed by atoms with Crippen LogP contribution < -0.4 is 15.8 Å².